The SMILES string of the molecule is CNC(c1cccc(C)c1)c1cncc2ccccc12. The zero-order chi connectivity index (χ0) is 13.9. The molecule has 100 valence electrons. The Morgan fingerprint density at radius 2 is 1.85 bits per heavy atom. The third kappa shape index (κ3) is 2.30. The Bertz CT molecular complexity index is 729. The number of fused-ring (bicyclic) bond motifs is 1. The molecular weight excluding hydrogens is 244 g/mol. The Hall–Kier alpha value is -2.19. The van der Waals surface area contributed by atoms with Crippen molar-refractivity contribution >= 4 is 10.8 Å². The van der Waals surface area contributed by atoms with E-state index in [-0.39, 0.29) is 6.04 Å². The largest absolute Gasteiger partial charge is 0.309 e. The van der Waals surface area contributed by atoms with Gasteiger partial charge in [0.25, 0.3) is 0 Å². The molecule has 0 radical (unpaired) electrons. The standard InChI is InChI=1S/C18H18N2/c1-13-6-5-8-14(10-13)18(19-2)17-12-20-11-15-7-3-4-9-16(15)17/h3-12,18-19H,1-2H3. The highest BCUT2D eigenvalue weighted by Gasteiger charge is 2.15. The van der Waals surface area contributed by atoms with Gasteiger partial charge in [0.15, 0.2) is 0 Å². The van der Waals surface area contributed by atoms with Crippen LogP contribution in [-0.2, 0) is 0 Å². The first-order valence-electron chi connectivity index (χ1n) is 6.86. The van der Waals surface area contributed by atoms with Crippen molar-refractivity contribution in [1.29, 1.82) is 0 Å². The number of aryl methyl sites for hydroxylation is 1. The molecule has 1 aromatic heterocycles. The van der Waals surface area contributed by atoms with Gasteiger partial charge in [-0.3, -0.25) is 4.98 Å². The van der Waals surface area contributed by atoms with Gasteiger partial charge in [-0.2, -0.15) is 0 Å². The van der Waals surface area contributed by atoms with Crippen molar-refractivity contribution in [2.45, 2.75) is 13.0 Å². The quantitative estimate of drug-likeness (QED) is 0.775. The number of hydrogen-bond donors (Lipinski definition) is 1. The molecule has 2 heteroatoms. The summed E-state index contributed by atoms with van der Waals surface area (Å²) < 4.78 is 0. The molecule has 0 amide bonds. The molecule has 0 bridgehead atoms. The molecule has 3 rings (SSSR count). The molecule has 0 fully saturated rings. The lowest BCUT2D eigenvalue weighted by Crippen LogP contribution is -2.18. The molecule has 0 aliphatic heterocycles. The average molecular weight is 262 g/mol. The molecule has 2 nitrogen and oxygen atoms in total. The summed E-state index contributed by atoms with van der Waals surface area (Å²) in [4.78, 5) is 4.39. The molecule has 0 saturated heterocycles. The van der Waals surface area contributed by atoms with Crippen LogP contribution in [0.25, 0.3) is 10.8 Å². The minimum absolute atomic E-state index is 0.161. The monoisotopic (exact) mass is 262 g/mol. The molecule has 1 unspecified atom stereocenters. The summed E-state index contributed by atoms with van der Waals surface area (Å²) in [6.07, 6.45) is 3.88. The zero-order valence-corrected chi connectivity index (χ0v) is 11.8. The van der Waals surface area contributed by atoms with Crippen LogP contribution < -0.4 is 5.32 Å². The fourth-order valence-corrected chi connectivity index (χ4v) is 2.72. The Morgan fingerprint density at radius 1 is 1.00 bits per heavy atom. The van der Waals surface area contributed by atoms with E-state index in [0.717, 1.165) is 0 Å². The Kier molecular flexibility index (Phi) is 3.48. The third-order valence-corrected chi connectivity index (χ3v) is 3.67. The highest BCUT2D eigenvalue weighted by Crippen LogP contribution is 2.28. The fraction of sp³-hybridized carbons (Fsp3) is 0.167. The van der Waals surface area contributed by atoms with Crippen LogP contribution in [0.4, 0.5) is 0 Å². The van der Waals surface area contributed by atoms with Crippen molar-refractivity contribution in [2.75, 3.05) is 7.05 Å². The molecule has 0 aliphatic rings. The normalized spacial score (nSPS) is 12.5. The lowest BCUT2D eigenvalue weighted by molar-refractivity contribution is 0.693. The van der Waals surface area contributed by atoms with E-state index in [4.69, 9.17) is 0 Å². The van der Waals surface area contributed by atoms with E-state index in [1.54, 1.807) is 0 Å². The maximum absolute atomic E-state index is 4.39. The first kappa shape index (κ1) is 12.8. The molecule has 0 aliphatic carbocycles. The van der Waals surface area contributed by atoms with Crippen LogP contribution in [0, 0.1) is 6.92 Å². The predicted molar refractivity (Wildman–Crippen MR) is 83.8 cm³/mol. The lowest BCUT2D eigenvalue weighted by Gasteiger charge is -2.19. The Labute approximate surface area is 119 Å². The number of benzene rings is 2. The number of pyridine rings is 1. The van der Waals surface area contributed by atoms with Crippen molar-refractivity contribution in [1.82, 2.24) is 10.3 Å². The van der Waals surface area contributed by atoms with Crippen LogP contribution in [0.1, 0.15) is 22.7 Å². The molecular formula is C18H18N2. The molecule has 0 spiro atoms. The van der Waals surface area contributed by atoms with Crippen molar-refractivity contribution in [3.05, 3.63) is 77.6 Å². The van der Waals surface area contributed by atoms with E-state index >= 15 is 0 Å². The second kappa shape index (κ2) is 5.43. The smallest absolute Gasteiger partial charge is 0.0595 e. The van der Waals surface area contributed by atoms with Gasteiger partial charge in [0, 0.05) is 17.8 Å². The minimum Gasteiger partial charge on any atom is -0.309 e. The van der Waals surface area contributed by atoms with E-state index in [1.807, 2.05) is 19.4 Å². The van der Waals surface area contributed by atoms with E-state index in [2.05, 4.69) is 65.8 Å². The van der Waals surface area contributed by atoms with Gasteiger partial charge in [-0.15, -0.1) is 0 Å². The van der Waals surface area contributed by atoms with Crippen LogP contribution in [0.2, 0.25) is 0 Å². The Morgan fingerprint density at radius 3 is 2.65 bits per heavy atom. The molecule has 20 heavy (non-hydrogen) atoms. The summed E-state index contributed by atoms with van der Waals surface area (Å²) in [5.41, 5.74) is 3.76. The van der Waals surface area contributed by atoms with Crippen molar-refractivity contribution < 1.29 is 0 Å². The summed E-state index contributed by atoms with van der Waals surface area (Å²) in [7, 11) is 1.99. The maximum Gasteiger partial charge on any atom is 0.0595 e. The first-order valence-corrected chi connectivity index (χ1v) is 6.86. The molecule has 3 aromatic rings. The van der Waals surface area contributed by atoms with Gasteiger partial charge in [-0.25, -0.2) is 0 Å². The zero-order valence-electron chi connectivity index (χ0n) is 11.8. The van der Waals surface area contributed by atoms with Gasteiger partial charge in [0.05, 0.1) is 6.04 Å². The Balaban J connectivity index is 2.17. The van der Waals surface area contributed by atoms with Crippen molar-refractivity contribution in [2.24, 2.45) is 0 Å². The molecule has 1 atom stereocenters. The summed E-state index contributed by atoms with van der Waals surface area (Å²) in [6, 6.07) is 17.2. The molecule has 2 aromatic carbocycles. The predicted octanol–water partition coefficient (Wildman–Crippen LogP) is 3.85. The van der Waals surface area contributed by atoms with Gasteiger partial charge >= 0.3 is 0 Å². The summed E-state index contributed by atoms with van der Waals surface area (Å²) in [5.74, 6) is 0. The van der Waals surface area contributed by atoms with Crippen LogP contribution in [0.5, 0.6) is 0 Å². The maximum atomic E-state index is 4.39. The number of hydrogen-bond acceptors (Lipinski definition) is 2. The van der Waals surface area contributed by atoms with Gasteiger partial charge in [-0.05, 0) is 30.5 Å². The highest BCUT2D eigenvalue weighted by molar-refractivity contribution is 5.85. The molecule has 0 saturated carbocycles. The van der Waals surface area contributed by atoms with Gasteiger partial charge < -0.3 is 5.32 Å². The second-order valence-electron chi connectivity index (χ2n) is 5.09. The summed E-state index contributed by atoms with van der Waals surface area (Å²) in [6.45, 7) is 2.12. The summed E-state index contributed by atoms with van der Waals surface area (Å²) in [5, 5.41) is 5.85. The minimum atomic E-state index is 0.161. The topological polar surface area (TPSA) is 24.9 Å². The number of nitrogens with one attached hydrogen (secondary N) is 1. The van der Waals surface area contributed by atoms with Gasteiger partial charge in [-0.1, -0.05) is 54.1 Å². The van der Waals surface area contributed by atoms with Crippen LogP contribution >= 0.6 is 0 Å². The fourth-order valence-electron chi connectivity index (χ4n) is 2.72. The highest BCUT2D eigenvalue weighted by atomic mass is 14.9. The van der Waals surface area contributed by atoms with Gasteiger partial charge in [0.2, 0.25) is 0 Å². The van der Waals surface area contributed by atoms with Crippen LogP contribution in [0.15, 0.2) is 60.9 Å². The van der Waals surface area contributed by atoms with E-state index in [9.17, 15) is 0 Å². The van der Waals surface area contributed by atoms with Crippen LogP contribution in [0.3, 0.4) is 0 Å². The number of nitrogens with zero attached hydrogens (tertiary/aromatic N) is 1. The van der Waals surface area contributed by atoms with Crippen molar-refractivity contribution in [3.8, 4) is 0 Å². The van der Waals surface area contributed by atoms with Crippen LogP contribution in [-0.4, -0.2) is 12.0 Å². The van der Waals surface area contributed by atoms with E-state index in [0.29, 0.717) is 0 Å². The number of aromatic nitrogens is 1. The van der Waals surface area contributed by atoms with Gasteiger partial charge in [0.1, 0.15) is 0 Å². The summed E-state index contributed by atoms with van der Waals surface area (Å²) >= 11 is 0. The lowest BCUT2D eigenvalue weighted by atomic mass is 9.95. The third-order valence-electron chi connectivity index (χ3n) is 3.67. The first-order chi connectivity index (χ1) is 9.79. The molecule has 1 N–H and O–H groups in total. The van der Waals surface area contributed by atoms with Crippen molar-refractivity contribution in [3.63, 3.8) is 0 Å². The number of rotatable bonds is 3. The average Bonchev–Trinajstić information content (AvgIpc) is 2.48. The molecule has 1 heterocycles. The second-order valence-corrected chi connectivity index (χ2v) is 5.09. The van der Waals surface area contributed by atoms with E-state index in [1.165, 1.54) is 27.5 Å². The van der Waals surface area contributed by atoms with E-state index < -0.39 is 0 Å².